The number of ether oxygens (including phenoxy) is 2. The van der Waals surface area contributed by atoms with Gasteiger partial charge in [0.2, 0.25) is 0 Å². The van der Waals surface area contributed by atoms with Crippen molar-refractivity contribution in [2.75, 3.05) is 54.1 Å². The maximum absolute atomic E-state index is 6.15. The normalized spacial score (nSPS) is 30.2. The van der Waals surface area contributed by atoms with E-state index in [2.05, 4.69) is 30.7 Å². The summed E-state index contributed by atoms with van der Waals surface area (Å²) in [4.78, 5) is 4.88. The van der Waals surface area contributed by atoms with Crippen LogP contribution in [0.1, 0.15) is 20.3 Å². The van der Waals surface area contributed by atoms with Crippen molar-refractivity contribution < 1.29 is 9.47 Å². The molecule has 0 saturated carbocycles. The first-order valence-electron chi connectivity index (χ1n) is 7.15. The Kier molecular flexibility index (Phi) is 6.69. The minimum absolute atomic E-state index is 0.0463. The maximum atomic E-state index is 6.15. The van der Waals surface area contributed by atoms with Crippen LogP contribution in [-0.2, 0) is 9.47 Å². The molecule has 0 bridgehead atoms. The Morgan fingerprint density at radius 3 is 2.53 bits per heavy atom. The second kappa shape index (κ2) is 7.55. The number of nitrogens with two attached hydrogens (primary N) is 1. The van der Waals surface area contributed by atoms with Gasteiger partial charge in [-0.15, -0.1) is 0 Å². The molecule has 1 aliphatic rings. The molecule has 19 heavy (non-hydrogen) atoms. The highest BCUT2D eigenvalue weighted by Gasteiger charge is 2.45. The third-order valence-corrected chi connectivity index (χ3v) is 4.44. The van der Waals surface area contributed by atoms with Gasteiger partial charge in [-0.3, -0.25) is 4.90 Å². The molecule has 0 aromatic heterocycles. The third-order valence-electron chi connectivity index (χ3n) is 4.44. The number of rotatable bonds is 8. The zero-order valence-electron chi connectivity index (χ0n) is 13.2. The summed E-state index contributed by atoms with van der Waals surface area (Å²) in [5, 5.41) is 0. The lowest BCUT2D eigenvalue weighted by Gasteiger charge is -2.44. The van der Waals surface area contributed by atoms with Gasteiger partial charge in [-0.1, -0.05) is 0 Å². The minimum atomic E-state index is 0.0463. The minimum Gasteiger partial charge on any atom is -0.383 e. The van der Waals surface area contributed by atoms with Crippen molar-refractivity contribution in [2.45, 2.75) is 37.9 Å². The molecule has 0 radical (unpaired) electrons. The maximum Gasteiger partial charge on any atom is 0.0615 e. The summed E-state index contributed by atoms with van der Waals surface area (Å²) in [6.07, 6.45) is 1.11. The smallest absolute Gasteiger partial charge is 0.0615 e. The van der Waals surface area contributed by atoms with Crippen molar-refractivity contribution in [1.29, 1.82) is 0 Å². The second-order valence-electron chi connectivity index (χ2n) is 5.89. The first-order chi connectivity index (χ1) is 9.00. The number of hydrogen-bond acceptors (Lipinski definition) is 5. The van der Waals surface area contributed by atoms with Gasteiger partial charge in [0.25, 0.3) is 0 Å². The monoisotopic (exact) mass is 273 g/mol. The molecule has 0 aliphatic carbocycles. The average molecular weight is 273 g/mol. The topological polar surface area (TPSA) is 51.0 Å². The Hall–Kier alpha value is -0.200. The molecular weight excluding hydrogens is 242 g/mol. The Bertz CT molecular complexity index is 253. The molecule has 114 valence electrons. The highest BCUT2D eigenvalue weighted by Crippen LogP contribution is 2.32. The fraction of sp³-hybridized carbons (Fsp3) is 1.00. The number of hydrogen-bond donors (Lipinski definition) is 1. The Labute approximate surface area is 118 Å². The Morgan fingerprint density at radius 2 is 2.11 bits per heavy atom. The average Bonchev–Trinajstić information content (AvgIpc) is 2.67. The van der Waals surface area contributed by atoms with Gasteiger partial charge in [0.15, 0.2) is 0 Å². The summed E-state index contributed by atoms with van der Waals surface area (Å²) >= 11 is 0. The van der Waals surface area contributed by atoms with Crippen LogP contribution in [0.15, 0.2) is 0 Å². The lowest BCUT2D eigenvalue weighted by Crippen LogP contribution is -2.60. The molecule has 2 N–H and O–H groups in total. The van der Waals surface area contributed by atoms with Crippen LogP contribution >= 0.6 is 0 Å². The van der Waals surface area contributed by atoms with Gasteiger partial charge in [0.1, 0.15) is 0 Å². The van der Waals surface area contributed by atoms with Crippen molar-refractivity contribution in [3.63, 3.8) is 0 Å². The van der Waals surface area contributed by atoms with E-state index in [9.17, 15) is 0 Å². The van der Waals surface area contributed by atoms with Gasteiger partial charge >= 0.3 is 0 Å². The quantitative estimate of drug-likeness (QED) is 0.693. The molecule has 0 aromatic carbocycles. The van der Waals surface area contributed by atoms with E-state index in [1.165, 1.54) is 0 Å². The van der Waals surface area contributed by atoms with Gasteiger partial charge in [-0.05, 0) is 27.3 Å². The molecule has 1 aliphatic heterocycles. The predicted molar refractivity (Wildman–Crippen MR) is 78.4 cm³/mol. The summed E-state index contributed by atoms with van der Waals surface area (Å²) in [6, 6.07) is 0.922. The molecule has 3 atom stereocenters. The first-order valence-corrected chi connectivity index (χ1v) is 7.15. The zero-order chi connectivity index (χ0) is 14.5. The van der Waals surface area contributed by atoms with E-state index in [0.29, 0.717) is 18.6 Å². The van der Waals surface area contributed by atoms with E-state index < -0.39 is 0 Å². The number of nitrogens with zero attached hydrogens (tertiary/aromatic N) is 2. The second-order valence-corrected chi connectivity index (χ2v) is 5.89. The summed E-state index contributed by atoms with van der Waals surface area (Å²) in [5.74, 6) is 0. The van der Waals surface area contributed by atoms with Crippen molar-refractivity contribution >= 4 is 0 Å². The number of likely N-dealkylation sites (N-methyl/N-ethyl adjacent to an activating group) is 1. The van der Waals surface area contributed by atoms with Gasteiger partial charge in [0, 0.05) is 51.5 Å². The Morgan fingerprint density at radius 1 is 1.42 bits per heavy atom. The first kappa shape index (κ1) is 16.9. The summed E-state index contributed by atoms with van der Waals surface area (Å²) in [5.41, 5.74) is 6.20. The van der Waals surface area contributed by atoms with Crippen LogP contribution in [0.3, 0.4) is 0 Å². The zero-order valence-corrected chi connectivity index (χ0v) is 13.2. The summed E-state index contributed by atoms with van der Waals surface area (Å²) in [6.45, 7) is 8.53. The fourth-order valence-corrected chi connectivity index (χ4v) is 3.31. The summed E-state index contributed by atoms with van der Waals surface area (Å²) < 4.78 is 10.6. The highest BCUT2D eigenvalue weighted by atomic mass is 16.5. The van der Waals surface area contributed by atoms with Gasteiger partial charge in [0.05, 0.1) is 13.2 Å². The Balaban J connectivity index is 2.86. The van der Waals surface area contributed by atoms with E-state index in [1.807, 2.05) is 0 Å². The highest BCUT2D eigenvalue weighted by molar-refractivity contribution is 5.03. The van der Waals surface area contributed by atoms with E-state index in [1.54, 1.807) is 14.2 Å². The number of likely N-dealkylation sites (tertiary alicyclic amines) is 1. The van der Waals surface area contributed by atoms with Crippen molar-refractivity contribution in [3.05, 3.63) is 0 Å². The standard InChI is InChI=1S/C14H31N3O2/c1-12-8-14(10-15,11-16(12)3)17(6-7-18-4)13(2)9-19-5/h12-13H,6-11,15H2,1-5H3. The van der Waals surface area contributed by atoms with E-state index in [-0.39, 0.29) is 5.54 Å². The third kappa shape index (κ3) is 3.89. The lowest BCUT2D eigenvalue weighted by molar-refractivity contribution is 0.00422. The van der Waals surface area contributed by atoms with Crippen LogP contribution in [0, 0.1) is 0 Å². The fourth-order valence-electron chi connectivity index (χ4n) is 3.31. The molecule has 1 fully saturated rings. The van der Waals surface area contributed by atoms with E-state index in [4.69, 9.17) is 15.2 Å². The van der Waals surface area contributed by atoms with E-state index in [0.717, 1.165) is 32.7 Å². The van der Waals surface area contributed by atoms with Crippen LogP contribution in [-0.4, -0.2) is 81.5 Å². The van der Waals surface area contributed by atoms with Crippen molar-refractivity contribution in [1.82, 2.24) is 9.80 Å². The lowest BCUT2D eigenvalue weighted by atomic mass is 9.92. The molecule has 1 rings (SSSR count). The molecule has 3 unspecified atom stereocenters. The van der Waals surface area contributed by atoms with Crippen molar-refractivity contribution in [3.8, 4) is 0 Å². The van der Waals surface area contributed by atoms with Gasteiger partial charge < -0.3 is 20.1 Å². The van der Waals surface area contributed by atoms with Gasteiger partial charge in [-0.25, -0.2) is 0 Å². The van der Waals surface area contributed by atoms with Crippen LogP contribution in [0.4, 0.5) is 0 Å². The SMILES string of the molecule is COCCN(C(C)COC)C1(CN)CC(C)N(C)C1. The van der Waals surface area contributed by atoms with Crippen LogP contribution in [0.5, 0.6) is 0 Å². The van der Waals surface area contributed by atoms with Gasteiger partial charge in [-0.2, -0.15) is 0 Å². The van der Waals surface area contributed by atoms with Crippen LogP contribution in [0.2, 0.25) is 0 Å². The molecule has 1 saturated heterocycles. The van der Waals surface area contributed by atoms with Crippen LogP contribution in [0.25, 0.3) is 0 Å². The predicted octanol–water partition coefficient (Wildman–Crippen LogP) is 0.391. The van der Waals surface area contributed by atoms with E-state index >= 15 is 0 Å². The summed E-state index contributed by atoms with van der Waals surface area (Å²) in [7, 11) is 5.68. The molecule has 0 aromatic rings. The largest absolute Gasteiger partial charge is 0.383 e. The molecule has 1 heterocycles. The number of methoxy groups -OCH3 is 2. The molecule has 0 amide bonds. The van der Waals surface area contributed by atoms with Crippen LogP contribution < -0.4 is 5.73 Å². The van der Waals surface area contributed by atoms with Crippen molar-refractivity contribution in [2.24, 2.45) is 5.73 Å². The molecule has 0 spiro atoms. The molecular formula is C14H31N3O2. The molecule has 5 heteroatoms. The molecule has 5 nitrogen and oxygen atoms in total.